The summed E-state index contributed by atoms with van der Waals surface area (Å²) in [4.78, 5) is 14.4. The lowest BCUT2D eigenvalue weighted by Gasteiger charge is -2.39. The third-order valence-electron chi connectivity index (χ3n) is 4.64. The van der Waals surface area contributed by atoms with E-state index in [9.17, 15) is 9.90 Å². The van der Waals surface area contributed by atoms with Crippen LogP contribution in [-0.4, -0.2) is 56.7 Å². The maximum atomic E-state index is 12.6. The van der Waals surface area contributed by atoms with Crippen molar-refractivity contribution >= 4 is 5.91 Å². The summed E-state index contributed by atoms with van der Waals surface area (Å²) < 4.78 is 6.95. The first kappa shape index (κ1) is 17.4. The Bertz CT molecular complexity index is 704. The Balaban J connectivity index is 1.58. The number of aliphatic hydroxyl groups is 1. The molecule has 25 heavy (non-hydrogen) atoms. The van der Waals surface area contributed by atoms with Crippen molar-refractivity contribution in [2.45, 2.75) is 37.8 Å². The van der Waals surface area contributed by atoms with Crippen LogP contribution >= 0.6 is 0 Å². The molecule has 7 heteroatoms. The number of benzene rings is 1. The monoisotopic (exact) mass is 344 g/mol. The molecule has 1 saturated heterocycles. The molecule has 0 aliphatic carbocycles. The number of para-hydroxylation sites is 1. The van der Waals surface area contributed by atoms with Crippen LogP contribution in [0.2, 0.25) is 0 Å². The minimum absolute atomic E-state index is 0.0580. The third kappa shape index (κ3) is 4.36. The van der Waals surface area contributed by atoms with Crippen LogP contribution in [-0.2, 0) is 17.8 Å². The molecule has 0 saturated carbocycles. The molecule has 1 aromatic heterocycles. The molecular weight excluding hydrogens is 320 g/mol. The quantitative estimate of drug-likeness (QED) is 0.854. The molecule has 0 bridgehead atoms. The molecule has 1 atom stereocenters. The topological polar surface area (TPSA) is 80.5 Å². The van der Waals surface area contributed by atoms with E-state index in [4.69, 9.17) is 4.74 Å². The van der Waals surface area contributed by atoms with E-state index >= 15 is 0 Å². The first-order chi connectivity index (χ1) is 12.1. The largest absolute Gasteiger partial charge is 0.496 e. The van der Waals surface area contributed by atoms with Crippen LogP contribution < -0.4 is 4.74 Å². The van der Waals surface area contributed by atoms with Gasteiger partial charge < -0.3 is 14.7 Å². The highest BCUT2D eigenvalue weighted by Crippen LogP contribution is 2.24. The number of nitrogens with zero attached hydrogens (tertiary/aromatic N) is 4. The van der Waals surface area contributed by atoms with Gasteiger partial charge in [-0.15, -0.1) is 5.10 Å². The predicted molar refractivity (Wildman–Crippen MR) is 92.1 cm³/mol. The summed E-state index contributed by atoms with van der Waals surface area (Å²) >= 11 is 0. The van der Waals surface area contributed by atoms with Gasteiger partial charge in [0, 0.05) is 19.2 Å². The molecule has 1 aliphatic rings. The highest BCUT2D eigenvalue weighted by atomic mass is 16.5. The number of aryl methyl sites for hydroxylation is 1. The van der Waals surface area contributed by atoms with Crippen LogP contribution in [0.15, 0.2) is 36.7 Å². The summed E-state index contributed by atoms with van der Waals surface area (Å²) in [5.74, 6) is 0.860. The second-order valence-corrected chi connectivity index (χ2v) is 6.56. The Labute approximate surface area is 147 Å². The van der Waals surface area contributed by atoms with Crippen molar-refractivity contribution in [2.24, 2.45) is 0 Å². The van der Waals surface area contributed by atoms with E-state index in [-0.39, 0.29) is 5.91 Å². The number of β-amino-alcohol motifs (C(OH)–C–C–N with tert-alkyl or cyclic N) is 1. The van der Waals surface area contributed by atoms with Crippen molar-refractivity contribution in [1.29, 1.82) is 0 Å². The van der Waals surface area contributed by atoms with Crippen LogP contribution in [0, 0.1) is 0 Å². The van der Waals surface area contributed by atoms with E-state index in [0.29, 0.717) is 38.9 Å². The maximum Gasteiger partial charge on any atom is 0.223 e. The molecule has 1 N–H and O–H groups in total. The number of rotatable bonds is 6. The minimum atomic E-state index is -0.952. The zero-order valence-corrected chi connectivity index (χ0v) is 14.5. The van der Waals surface area contributed by atoms with Gasteiger partial charge in [0.1, 0.15) is 11.4 Å². The Morgan fingerprint density at radius 2 is 2.24 bits per heavy atom. The molecule has 1 aliphatic heterocycles. The number of hydrogen-bond donors (Lipinski definition) is 1. The normalized spacial score (nSPS) is 20.5. The van der Waals surface area contributed by atoms with E-state index in [2.05, 4.69) is 10.3 Å². The smallest absolute Gasteiger partial charge is 0.223 e. The van der Waals surface area contributed by atoms with E-state index in [1.54, 1.807) is 29.1 Å². The van der Waals surface area contributed by atoms with E-state index in [0.717, 1.165) is 17.7 Å². The van der Waals surface area contributed by atoms with Crippen molar-refractivity contribution in [3.63, 3.8) is 0 Å². The van der Waals surface area contributed by atoms with Gasteiger partial charge in [0.2, 0.25) is 5.91 Å². The third-order valence-corrected chi connectivity index (χ3v) is 4.64. The number of aromatic nitrogens is 3. The first-order valence-electron chi connectivity index (χ1n) is 8.56. The van der Waals surface area contributed by atoms with Crippen LogP contribution in [0.1, 0.15) is 24.8 Å². The molecule has 1 fully saturated rings. The first-order valence-corrected chi connectivity index (χ1v) is 8.56. The van der Waals surface area contributed by atoms with Gasteiger partial charge in [-0.05, 0) is 30.9 Å². The fourth-order valence-corrected chi connectivity index (χ4v) is 3.38. The number of ether oxygens (including phenoxy) is 1. The number of hydrogen-bond acceptors (Lipinski definition) is 5. The van der Waals surface area contributed by atoms with Crippen molar-refractivity contribution in [1.82, 2.24) is 19.9 Å². The highest BCUT2D eigenvalue weighted by molar-refractivity contribution is 5.76. The molecule has 1 aromatic carbocycles. The number of carbonyl (C=O) groups excluding carboxylic acids is 1. The van der Waals surface area contributed by atoms with Gasteiger partial charge in [-0.25, -0.2) is 4.68 Å². The minimum Gasteiger partial charge on any atom is -0.496 e. The maximum absolute atomic E-state index is 12.6. The van der Waals surface area contributed by atoms with E-state index < -0.39 is 5.60 Å². The highest BCUT2D eigenvalue weighted by Gasteiger charge is 2.35. The molecular formula is C18H24N4O3. The van der Waals surface area contributed by atoms with Gasteiger partial charge in [0.05, 0.1) is 26.4 Å². The second-order valence-electron chi connectivity index (χ2n) is 6.56. The second kappa shape index (κ2) is 7.65. The molecule has 1 unspecified atom stereocenters. The molecule has 7 nitrogen and oxygen atoms in total. The summed E-state index contributed by atoms with van der Waals surface area (Å²) in [5.41, 5.74) is 0.0692. The van der Waals surface area contributed by atoms with E-state index in [1.807, 2.05) is 24.3 Å². The van der Waals surface area contributed by atoms with Gasteiger partial charge in [-0.3, -0.25) is 4.79 Å². The number of likely N-dealkylation sites (tertiary alicyclic amines) is 1. The SMILES string of the molecule is COc1ccccc1CCC(=O)N1CCCC(O)(Cn2ccnn2)C1. The number of amides is 1. The van der Waals surface area contributed by atoms with Crippen molar-refractivity contribution in [2.75, 3.05) is 20.2 Å². The number of carbonyl (C=O) groups is 1. The Hall–Kier alpha value is -2.41. The van der Waals surface area contributed by atoms with Gasteiger partial charge in [-0.2, -0.15) is 0 Å². The lowest BCUT2D eigenvalue weighted by molar-refractivity contribution is -0.139. The molecule has 3 rings (SSSR count). The number of methoxy groups -OCH3 is 1. The van der Waals surface area contributed by atoms with Crippen molar-refractivity contribution < 1.29 is 14.6 Å². The molecule has 134 valence electrons. The molecule has 1 amide bonds. The van der Waals surface area contributed by atoms with Gasteiger partial charge in [-0.1, -0.05) is 23.4 Å². The fraction of sp³-hybridized carbons (Fsp3) is 0.500. The lowest BCUT2D eigenvalue weighted by Crippen LogP contribution is -2.52. The standard InChI is InChI=1S/C18H24N4O3/c1-25-16-6-3-2-5-15(16)7-8-17(23)21-11-4-9-18(24,13-21)14-22-12-10-19-20-22/h2-3,5-6,10,12,24H,4,7-9,11,13-14H2,1H3. The van der Waals surface area contributed by atoms with Gasteiger partial charge in [0.25, 0.3) is 0 Å². The molecule has 0 radical (unpaired) electrons. The Morgan fingerprint density at radius 1 is 1.40 bits per heavy atom. The van der Waals surface area contributed by atoms with Gasteiger partial charge >= 0.3 is 0 Å². The average Bonchev–Trinajstić information content (AvgIpc) is 3.12. The summed E-state index contributed by atoms with van der Waals surface area (Å²) in [6.07, 6.45) is 5.78. The van der Waals surface area contributed by atoms with E-state index in [1.165, 1.54) is 0 Å². The molecule has 2 aromatic rings. The molecule has 2 heterocycles. The van der Waals surface area contributed by atoms with Crippen LogP contribution in [0.3, 0.4) is 0 Å². The fourth-order valence-electron chi connectivity index (χ4n) is 3.38. The summed E-state index contributed by atoms with van der Waals surface area (Å²) in [6, 6.07) is 7.74. The van der Waals surface area contributed by atoms with Crippen LogP contribution in [0.25, 0.3) is 0 Å². The summed E-state index contributed by atoms with van der Waals surface area (Å²) in [5, 5.41) is 18.5. The van der Waals surface area contributed by atoms with Crippen LogP contribution in [0.4, 0.5) is 0 Å². The Kier molecular flexibility index (Phi) is 5.33. The average molecular weight is 344 g/mol. The Morgan fingerprint density at radius 3 is 3.00 bits per heavy atom. The van der Waals surface area contributed by atoms with Crippen molar-refractivity contribution in [3.8, 4) is 5.75 Å². The summed E-state index contributed by atoms with van der Waals surface area (Å²) in [7, 11) is 1.63. The van der Waals surface area contributed by atoms with Crippen LogP contribution in [0.5, 0.6) is 5.75 Å². The molecule has 0 spiro atoms. The van der Waals surface area contributed by atoms with Crippen molar-refractivity contribution in [3.05, 3.63) is 42.2 Å². The summed E-state index contributed by atoms with van der Waals surface area (Å²) in [6.45, 7) is 1.37. The zero-order chi connectivity index (χ0) is 17.7. The zero-order valence-electron chi connectivity index (χ0n) is 14.5. The lowest BCUT2D eigenvalue weighted by atomic mass is 9.92. The number of piperidine rings is 1. The predicted octanol–water partition coefficient (Wildman–Crippen LogP) is 1.27. The van der Waals surface area contributed by atoms with Gasteiger partial charge in [0.15, 0.2) is 0 Å².